The molecule has 0 spiro atoms. The molecule has 2 rings (SSSR count). The van der Waals surface area contributed by atoms with Gasteiger partial charge in [-0.1, -0.05) is 11.6 Å². The molecular weight excluding hydrogens is 364 g/mol. The Morgan fingerprint density at radius 2 is 2.19 bits per heavy atom. The largest absolute Gasteiger partial charge is 0.486 e. The Balaban J connectivity index is 2.24. The number of non-ortho nitro benzene ring substituents is 1. The summed E-state index contributed by atoms with van der Waals surface area (Å²) in [6, 6.07) is 5.65. The molecule has 1 aromatic carbocycles. The fraction of sp³-hybridized carbons (Fsp3) is 0.0769. The second-order valence-corrected chi connectivity index (χ2v) is 5.30. The number of nitro groups is 1. The topological polar surface area (TPSA) is 82.3 Å². The second-order valence-electron chi connectivity index (χ2n) is 3.98. The van der Waals surface area contributed by atoms with E-state index in [1.165, 1.54) is 24.4 Å². The molecule has 0 unspecified atom stereocenters. The van der Waals surface area contributed by atoms with Gasteiger partial charge in [0.05, 0.1) is 4.92 Å². The van der Waals surface area contributed by atoms with Crippen LogP contribution >= 0.6 is 27.5 Å². The minimum Gasteiger partial charge on any atom is -0.486 e. The average Bonchev–Trinajstić information content (AvgIpc) is 2.46. The molecule has 8 heteroatoms. The number of rotatable bonds is 5. The first-order valence-electron chi connectivity index (χ1n) is 5.67. The van der Waals surface area contributed by atoms with Crippen molar-refractivity contribution in [1.82, 2.24) is 4.98 Å². The van der Waals surface area contributed by atoms with Crippen LogP contribution in [0.2, 0.25) is 5.02 Å². The molecule has 0 saturated carbocycles. The number of benzene rings is 1. The van der Waals surface area contributed by atoms with Crippen molar-refractivity contribution in [3.05, 3.63) is 61.3 Å². The van der Waals surface area contributed by atoms with Gasteiger partial charge in [-0.05, 0) is 28.1 Å². The SMILES string of the molecule is O=Cc1ncc(Br)cc1OCc1cc([N+](=O)[O-])ccc1Cl. The Morgan fingerprint density at radius 3 is 2.86 bits per heavy atom. The van der Waals surface area contributed by atoms with E-state index < -0.39 is 4.92 Å². The van der Waals surface area contributed by atoms with Crippen LogP contribution < -0.4 is 4.74 Å². The highest BCUT2D eigenvalue weighted by atomic mass is 79.9. The van der Waals surface area contributed by atoms with E-state index in [0.29, 0.717) is 21.3 Å². The van der Waals surface area contributed by atoms with Gasteiger partial charge in [-0.25, -0.2) is 4.98 Å². The van der Waals surface area contributed by atoms with Crippen molar-refractivity contribution in [1.29, 1.82) is 0 Å². The molecule has 0 amide bonds. The zero-order valence-electron chi connectivity index (χ0n) is 10.5. The van der Waals surface area contributed by atoms with E-state index in [9.17, 15) is 14.9 Å². The van der Waals surface area contributed by atoms with Crippen LogP contribution in [0.5, 0.6) is 5.75 Å². The van der Waals surface area contributed by atoms with Crippen LogP contribution in [0.3, 0.4) is 0 Å². The van der Waals surface area contributed by atoms with Gasteiger partial charge in [0.2, 0.25) is 0 Å². The number of nitrogens with zero attached hydrogens (tertiary/aromatic N) is 2. The number of carbonyl (C=O) groups excluding carboxylic acids is 1. The normalized spacial score (nSPS) is 10.2. The Morgan fingerprint density at radius 1 is 1.43 bits per heavy atom. The first-order valence-corrected chi connectivity index (χ1v) is 6.84. The molecule has 0 aliphatic heterocycles. The van der Waals surface area contributed by atoms with Crippen molar-refractivity contribution in [3.8, 4) is 5.75 Å². The summed E-state index contributed by atoms with van der Waals surface area (Å²) in [4.78, 5) is 25.0. The number of hydrogen-bond acceptors (Lipinski definition) is 5. The lowest BCUT2D eigenvalue weighted by molar-refractivity contribution is -0.384. The minimum absolute atomic E-state index is 0.0144. The van der Waals surface area contributed by atoms with E-state index in [0.717, 1.165) is 0 Å². The molecule has 0 fully saturated rings. The number of nitro benzene ring substituents is 1. The van der Waals surface area contributed by atoms with Gasteiger partial charge in [0, 0.05) is 33.4 Å². The lowest BCUT2D eigenvalue weighted by atomic mass is 10.2. The third-order valence-electron chi connectivity index (χ3n) is 2.58. The van der Waals surface area contributed by atoms with E-state index in [1.54, 1.807) is 6.07 Å². The third-order valence-corrected chi connectivity index (χ3v) is 3.39. The van der Waals surface area contributed by atoms with Crippen LogP contribution in [0.4, 0.5) is 5.69 Å². The van der Waals surface area contributed by atoms with Gasteiger partial charge in [0.1, 0.15) is 18.1 Å². The number of halogens is 2. The van der Waals surface area contributed by atoms with Gasteiger partial charge < -0.3 is 4.74 Å². The highest BCUT2D eigenvalue weighted by molar-refractivity contribution is 9.10. The molecule has 1 aromatic heterocycles. The maximum atomic E-state index is 10.9. The number of ether oxygens (including phenoxy) is 1. The van der Waals surface area contributed by atoms with Crippen LogP contribution in [0, 0.1) is 10.1 Å². The Bertz CT molecular complexity index is 709. The molecule has 2 aromatic rings. The zero-order valence-corrected chi connectivity index (χ0v) is 12.8. The average molecular weight is 372 g/mol. The second kappa shape index (κ2) is 6.64. The number of aldehydes is 1. The van der Waals surface area contributed by atoms with Crippen LogP contribution in [0.15, 0.2) is 34.9 Å². The predicted octanol–water partition coefficient (Wildman–Crippen LogP) is 3.80. The van der Waals surface area contributed by atoms with Gasteiger partial charge in [0.15, 0.2) is 6.29 Å². The summed E-state index contributed by atoms with van der Waals surface area (Å²) in [7, 11) is 0. The molecule has 21 heavy (non-hydrogen) atoms. The highest BCUT2D eigenvalue weighted by Gasteiger charge is 2.12. The van der Waals surface area contributed by atoms with Crippen LogP contribution in [0.25, 0.3) is 0 Å². The summed E-state index contributed by atoms with van der Waals surface area (Å²) in [6.07, 6.45) is 2.04. The summed E-state index contributed by atoms with van der Waals surface area (Å²) >= 11 is 9.20. The molecule has 108 valence electrons. The van der Waals surface area contributed by atoms with Crippen LogP contribution in [-0.4, -0.2) is 16.2 Å². The Labute approximate surface area is 133 Å². The van der Waals surface area contributed by atoms with Gasteiger partial charge in [0.25, 0.3) is 5.69 Å². The number of aromatic nitrogens is 1. The van der Waals surface area contributed by atoms with Crippen molar-refractivity contribution in [2.45, 2.75) is 6.61 Å². The molecular formula is C13H8BrClN2O4. The predicted molar refractivity (Wildman–Crippen MR) is 79.8 cm³/mol. The van der Waals surface area contributed by atoms with Gasteiger partial charge in [-0.15, -0.1) is 0 Å². The molecule has 1 heterocycles. The minimum atomic E-state index is -0.517. The smallest absolute Gasteiger partial charge is 0.269 e. The van der Waals surface area contributed by atoms with E-state index in [2.05, 4.69) is 20.9 Å². The van der Waals surface area contributed by atoms with Crippen molar-refractivity contribution in [3.63, 3.8) is 0 Å². The molecule has 0 aliphatic carbocycles. The summed E-state index contributed by atoms with van der Waals surface area (Å²) in [5.74, 6) is 0.266. The van der Waals surface area contributed by atoms with Crippen molar-refractivity contribution in [2.24, 2.45) is 0 Å². The van der Waals surface area contributed by atoms with Gasteiger partial charge >= 0.3 is 0 Å². The summed E-state index contributed by atoms with van der Waals surface area (Å²) in [5.41, 5.74) is 0.503. The standard InChI is InChI=1S/C13H8BrClN2O4/c14-9-4-13(12(6-18)16-5-9)21-7-8-3-10(17(19)20)1-2-11(8)15/h1-6H,7H2. The third kappa shape index (κ3) is 3.77. The number of hydrogen-bond donors (Lipinski definition) is 0. The molecule has 0 bridgehead atoms. The molecule has 0 radical (unpaired) electrons. The molecule has 0 saturated heterocycles. The number of carbonyl (C=O) groups is 1. The molecule has 6 nitrogen and oxygen atoms in total. The van der Waals surface area contributed by atoms with E-state index >= 15 is 0 Å². The van der Waals surface area contributed by atoms with Gasteiger partial charge in [-0.3, -0.25) is 14.9 Å². The maximum absolute atomic E-state index is 10.9. The first kappa shape index (κ1) is 15.4. The van der Waals surface area contributed by atoms with Gasteiger partial charge in [-0.2, -0.15) is 0 Å². The van der Waals surface area contributed by atoms with Crippen LogP contribution in [-0.2, 0) is 6.61 Å². The lowest BCUT2D eigenvalue weighted by Gasteiger charge is -2.09. The quantitative estimate of drug-likeness (QED) is 0.453. The molecule has 0 N–H and O–H groups in total. The zero-order chi connectivity index (χ0) is 15.4. The molecule has 0 atom stereocenters. The van der Waals surface area contributed by atoms with Crippen LogP contribution in [0.1, 0.15) is 16.1 Å². The lowest BCUT2D eigenvalue weighted by Crippen LogP contribution is -2.01. The Kier molecular flexibility index (Phi) is 4.87. The van der Waals surface area contributed by atoms with E-state index in [4.69, 9.17) is 16.3 Å². The number of pyridine rings is 1. The summed E-state index contributed by atoms with van der Waals surface area (Å²) in [6.45, 7) is -0.0144. The highest BCUT2D eigenvalue weighted by Crippen LogP contribution is 2.25. The first-order chi connectivity index (χ1) is 10.0. The monoisotopic (exact) mass is 370 g/mol. The Hall–Kier alpha value is -1.99. The van der Waals surface area contributed by atoms with Crippen molar-refractivity contribution in [2.75, 3.05) is 0 Å². The fourth-order valence-electron chi connectivity index (χ4n) is 1.58. The van der Waals surface area contributed by atoms with Crippen molar-refractivity contribution >= 4 is 39.5 Å². The van der Waals surface area contributed by atoms with E-state index in [1.807, 2.05) is 0 Å². The van der Waals surface area contributed by atoms with E-state index in [-0.39, 0.29) is 23.7 Å². The maximum Gasteiger partial charge on any atom is 0.269 e. The fourth-order valence-corrected chi connectivity index (χ4v) is 2.06. The van der Waals surface area contributed by atoms with Crippen molar-refractivity contribution < 1.29 is 14.5 Å². The summed E-state index contributed by atoms with van der Waals surface area (Å²) in [5, 5.41) is 11.1. The molecule has 0 aliphatic rings. The summed E-state index contributed by atoms with van der Waals surface area (Å²) < 4.78 is 6.13.